The lowest BCUT2D eigenvalue weighted by Gasteiger charge is -2.39. The summed E-state index contributed by atoms with van der Waals surface area (Å²) in [5.74, 6) is -0.311. The topological polar surface area (TPSA) is 64.3 Å². The number of nitrogens with one attached hydrogen (secondary N) is 1. The lowest BCUT2D eigenvalue weighted by molar-refractivity contribution is -0.127. The van der Waals surface area contributed by atoms with Gasteiger partial charge in [0.2, 0.25) is 5.91 Å². The number of carbonyl (C=O) groups is 1. The van der Waals surface area contributed by atoms with E-state index in [1.165, 1.54) is 0 Å². The van der Waals surface area contributed by atoms with Crippen LogP contribution in [0.2, 0.25) is 0 Å². The average Bonchev–Trinajstić information content (AvgIpc) is 2.38. The molecule has 0 saturated carbocycles. The maximum atomic E-state index is 11.9. The first-order valence-electron chi connectivity index (χ1n) is 6.51. The van der Waals surface area contributed by atoms with Crippen molar-refractivity contribution in [3.63, 3.8) is 0 Å². The van der Waals surface area contributed by atoms with Gasteiger partial charge in [0.25, 0.3) is 0 Å². The van der Waals surface area contributed by atoms with Gasteiger partial charge in [-0.15, -0.1) is 0 Å². The monoisotopic (exact) mass is 326 g/mol. The summed E-state index contributed by atoms with van der Waals surface area (Å²) in [7, 11) is 0. The third-order valence-electron chi connectivity index (χ3n) is 3.59. The first-order valence-corrected chi connectivity index (χ1v) is 7.30. The van der Waals surface area contributed by atoms with E-state index >= 15 is 0 Å². The number of carbonyl (C=O) groups excluding carboxylic acids is 1. The minimum absolute atomic E-state index is 0.0842. The van der Waals surface area contributed by atoms with Gasteiger partial charge in [-0.3, -0.25) is 4.79 Å². The first kappa shape index (κ1) is 14.3. The Morgan fingerprint density at radius 3 is 3.05 bits per heavy atom. The van der Waals surface area contributed by atoms with Gasteiger partial charge in [-0.1, -0.05) is 28.9 Å². The van der Waals surface area contributed by atoms with E-state index in [9.17, 15) is 4.79 Å². The molecule has 2 rings (SSSR count). The number of hydrogen-bond acceptors (Lipinski definition) is 3. The van der Waals surface area contributed by atoms with Gasteiger partial charge in [0.1, 0.15) is 5.54 Å². The summed E-state index contributed by atoms with van der Waals surface area (Å²) in [4.78, 5) is 11.9. The Hall–Kier alpha value is -1.07. The molecule has 1 heterocycles. The molecule has 19 heavy (non-hydrogen) atoms. The Kier molecular flexibility index (Phi) is 4.47. The lowest BCUT2D eigenvalue weighted by atomic mass is 9.84. The second kappa shape index (κ2) is 5.92. The molecule has 1 amide bonds. The second-order valence-corrected chi connectivity index (χ2v) is 5.85. The normalized spacial score (nSPS) is 26.9. The molecule has 1 aliphatic heterocycles. The Balaban J connectivity index is 2.22. The fraction of sp³-hybridized carbons (Fsp3) is 0.500. The molecule has 0 radical (unpaired) electrons. The molecule has 1 aromatic rings. The zero-order valence-electron chi connectivity index (χ0n) is 11.0. The zero-order chi connectivity index (χ0) is 13.9. The molecule has 4 nitrogen and oxygen atoms in total. The van der Waals surface area contributed by atoms with Crippen LogP contribution in [0, 0.1) is 0 Å². The van der Waals surface area contributed by atoms with E-state index in [0.717, 1.165) is 16.6 Å². The third kappa shape index (κ3) is 3.28. The van der Waals surface area contributed by atoms with Crippen LogP contribution in [0.5, 0.6) is 0 Å². The maximum Gasteiger partial charge on any atom is 0.243 e. The molecule has 1 aliphatic rings. The molecule has 3 N–H and O–H groups in total. The van der Waals surface area contributed by atoms with Gasteiger partial charge in [-0.2, -0.15) is 0 Å². The van der Waals surface area contributed by atoms with E-state index in [4.69, 9.17) is 10.5 Å². The Bertz CT molecular complexity index is 467. The van der Waals surface area contributed by atoms with Crippen LogP contribution in [-0.2, 0) is 9.53 Å². The number of rotatable bonds is 4. The molecule has 0 aromatic heterocycles. The number of ether oxygens (including phenoxy) is 1. The van der Waals surface area contributed by atoms with Crippen molar-refractivity contribution in [3.8, 4) is 0 Å². The van der Waals surface area contributed by atoms with Gasteiger partial charge in [0.15, 0.2) is 0 Å². The minimum atomic E-state index is -0.709. The molecule has 5 heteroatoms. The van der Waals surface area contributed by atoms with Crippen LogP contribution >= 0.6 is 15.9 Å². The van der Waals surface area contributed by atoms with Gasteiger partial charge in [0.05, 0.1) is 6.10 Å². The van der Waals surface area contributed by atoms with Gasteiger partial charge in [-0.25, -0.2) is 0 Å². The summed E-state index contributed by atoms with van der Waals surface area (Å²) >= 11 is 3.43. The molecular weight excluding hydrogens is 308 g/mol. The summed E-state index contributed by atoms with van der Waals surface area (Å²) in [5.41, 5.74) is 5.82. The highest BCUT2D eigenvalue weighted by Crippen LogP contribution is 2.31. The van der Waals surface area contributed by atoms with Crippen molar-refractivity contribution in [2.24, 2.45) is 5.73 Å². The molecule has 0 aliphatic carbocycles. The van der Waals surface area contributed by atoms with Gasteiger partial charge >= 0.3 is 0 Å². The van der Waals surface area contributed by atoms with Crippen LogP contribution in [0.4, 0.5) is 5.69 Å². The van der Waals surface area contributed by atoms with Crippen molar-refractivity contribution in [2.45, 2.75) is 37.8 Å². The largest absolute Gasteiger partial charge is 0.378 e. The number of hydrogen-bond donors (Lipinski definition) is 2. The fourth-order valence-electron chi connectivity index (χ4n) is 2.45. The van der Waals surface area contributed by atoms with Crippen molar-refractivity contribution in [1.82, 2.24) is 0 Å². The van der Waals surface area contributed by atoms with Crippen molar-refractivity contribution < 1.29 is 9.53 Å². The van der Waals surface area contributed by atoms with E-state index in [-0.39, 0.29) is 12.0 Å². The average molecular weight is 327 g/mol. The minimum Gasteiger partial charge on any atom is -0.378 e. The molecule has 0 spiro atoms. The smallest absolute Gasteiger partial charge is 0.243 e. The summed E-state index contributed by atoms with van der Waals surface area (Å²) in [6.07, 6.45) is 2.19. The number of anilines is 1. The highest BCUT2D eigenvalue weighted by molar-refractivity contribution is 9.10. The number of nitrogens with two attached hydrogens (primary N) is 1. The summed E-state index contributed by atoms with van der Waals surface area (Å²) in [6, 6.07) is 7.76. The highest BCUT2D eigenvalue weighted by Gasteiger charge is 2.41. The van der Waals surface area contributed by atoms with Gasteiger partial charge < -0.3 is 15.8 Å². The van der Waals surface area contributed by atoms with Crippen molar-refractivity contribution in [1.29, 1.82) is 0 Å². The summed E-state index contributed by atoms with van der Waals surface area (Å²) in [6.45, 7) is 2.61. The quantitative estimate of drug-likeness (QED) is 0.894. The van der Waals surface area contributed by atoms with Crippen LogP contribution < -0.4 is 11.1 Å². The van der Waals surface area contributed by atoms with Crippen LogP contribution in [0.15, 0.2) is 28.7 Å². The molecular formula is C14H19BrN2O2. The van der Waals surface area contributed by atoms with Crippen LogP contribution in [0.3, 0.4) is 0 Å². The van der Waals surface area contributed by atoms with E-state index < -0.39 is 5.54 Å². The van der Waals surface area contributed by atoms with Gasteiger partial charge in [-0.05, 0) is 24.6 Å². The number of benzene rings is 1. The molecule has 2 atom stereocenters. The van der Waals surface area contributed by atoms with E-state index in [1.54, 1.807) is 0 Å². The highest BCUT2D eigenvalue weighted by atomic mass is 79.9. The Morgan fingerprint density at radius 1 is 1.63 bits per heavy atom. The summed E-state index contributed by atoms with van der Waals surface area (Å²) in [5, 5.41) is 3.31. The molecule has 1 saturated heterocycles. The molecule has 1 aromatic carbocycles. The molecule has 104 valence electrons. The van der Waals surface area contributed by atoms with E-state index in [1.807, 2.05) is 24.3 Å². The number of amides is 1. The first-order chi connectivity index (χ1) is 9.05. The van der Waals surface area contributed by atoms with Crippen molar-refractivity contribution in [3.05, 3.63) is 28.7 Å². The van der Waals surface area contributed by atoms with E-state index in [0.29, 0.717) is 19.4 Å². The lowest BCUT2D eigenvalue weighted by Crippen LogP contribution is -2.55. The van der Waals surface area contributed by atoms with Crippen molar-refractivity contribution in [2.75, 3.05) is 11.9 Å². The third-order valence-corrected chi connectivity index (χ3v) is 4.09. The Morgan fingerprint density at radius 2 is 2.42 bits per heavy atom. The molecule has 2 unspecified atom stereocenters. The van der Waals surface area contributed by atoms with Crippen LogP contribution in [0.1, 0.15) is 26.2 Å². The standard InChI is InChI=1S/C14H19BrN2O2/c1-2-12-9-14(13(16)18,6-7-19-12)17-11-5-3-4-10(15)8-11/h3-5,8,12,17H,2,6-7,9H2,1H3,(H2,16,18). The van der Waals surface area contributed by atoms with Crippen LogP contribution in [-0.4, -0.2) is 24.2 Å². The zero-order valence-corrected chi connectivity index (χ0v) is 12.6. The second-order valence-electron chi connectivity index (χ2n) is 4.94. The maximum absolute atomic E-state index is 11.9. The summed E-state index contributed by atoms with van der Waals surface area (Å²) < 4.78 is 6.61. The van der Waals surface area contributed by atoms with Crippen LogP contribution in [0.25, 0.3) is 0 Å². The number of primary amides is 1. The SMILES string of the molecule is CCC1CC(Nc2cccc(Br)c2)(C(N)=O)CCO1. The molecule has 0 bridgehead atoms. The van der Waals surface area contributed by atoms with Gasteiger partial charge in [0, 0.05) is 29.6 Å². The number of halogens is 1. The fourth-order valence-corrected chi connectivity index (χ4v) is 2.85. The Labute approximate surface area is 121 Å². The van der Waals surface area contributed by atoms with Crippen molar-refractivity contribution >= 4 is 27.5 Å². The van der Waals surface area contributed by atoms with E-state index in [2.05, 4.69) is 28.2 Å². The molecule has 1 fully saturated rings. The predicted octanol–water partition coefficient (Wildman–Crippen LogP) is 2.67. The predicted molar refractivity (Wildman–Crippen MR) is 79.0 cm³/mol.